The average molecular weight is 401 g/mol. The highest BCUT2D eigenvalue weighted by atomic mass is 19.1. The third-order valence-corrected chi connectivity index (χ3v) is 5.01. The molecule has 2 aromatic rings. The Bertz CT molecular complexity index is 851. The second-order valence-electron chi connectivity index (χ2n) is 7.06. The molecular weight excluding hydrogens is 373 g/mol. The van der Waals surface area contributed by atoms with Crippen LogP contribution in [0.1, 0.15) is 36.8 Å². The molecular formula is C22H28FN3O3. The molecule has 0 spiro atoms. The first kappa shape index (κ1) is 20.8. The lowest BCUT2D eigenvalue weighted by atomic mass is 10.1. The summed E-state index contributed by atoms with van der Waals surface area (Å²) in [7, 11) is 3.32. The number of aromatic hydroxyl groups is 1. The van der Waals surface area contributed by atoms with Crippen LogP contribution >= 0.6 is 0 Å². The lowest BCUT2D eigenvalue weighted by Gasteiger charge is -2.19. The van der Waals surface area contributed by atoms with Gasteiger partial charge in [0.1, 0.15) is 11.5 Å². The van der Waals surface area contributed by atoms with Crippen LogP contribution in [-0.2, 0) is 13.1 Å². The van der Waals surface area contributed by atoms with E-state index in [4.69, 9.17) is 9.47 Å². The first-order valence-electron chi connectivity index (χ1n) is 9.84. The maximum atomic E-state index is 13.5. The van der Waals surface area contributed by atoms with Crippen LogP contribution in [-0.4, -0.2) is 31.3 Å². The van der Waals surface area contributed by atoms with Crippen molar-refractivity contribution >= 4 is 5.96 Å². The molecule has 156 valence electrons. The van der Waals surface area contributed by atoms with Crippen LogP contribution in [0.4, 0.5) is 4.39 Å². The fourth-order valence-electron chi connectivity index (χ4n) is 3.35. The van der Waals surface area contributed by atoms with Gasteiger partial charge in [0, 0.05) is 31.8 Å². The fraction of sp³-hybridized carbons (Fsp3) is 0.409. The van der Waals surface area contributed by atoms with Crippen LogP contribution in [0.2, 0.25) is 0 Å². The van der Waals surface area contributed by atoms with Gasteiger partial charge in [-0.25, -0.2) is 4.39 Å². The number of phenolic OH excluding ortho intramolecular Hbond substituents is 1. The lowest BCUT2D eigenvalue weighted by molar-refractivity contribution is 0.207. The van der Waals surface area contributed by atoms with Crippen molar-refractivity contribution in [2.75, 3.05) is 14.2 Å². The van der Waals surface area contributed by atoms with E-state index in [-0.39, 0.29) is 11.9 Å². The molecule has 0 aliphatic heterocycles. The van der Waals surface area contributed by atoms with Crippen molar-refractivity contribution in [1.82, 2.24) is 10.6 Å². The summed E-state index contributed by atoms with van der Waals surface area (Å²) in [5.74, 6) is 1.17. The molecule has 29 heavy (non-hydrogen) atoms. The Morgan fingerprint density at radius 1 is 1.14 bits per heavy atom. The molecule has 0 amide bonds. The van der Waals surface area contributed by atoms with Crippen molar-refractivity contribution in [3.05, 3.63) is 53.3 Å². The van der Waals surface area contributed by atoms with Gasteiger partial charge in [-0.2, -0.15) is 0 Å². The van der Waals surface area contributed by atoms with Crippen LogP contribution in [0.15, 0.2) is 41.4 Å². The molecule has 0 bridgehead atoms. The molecule has 1 aliphatic rings. The number of nitrogens with zero attached hydrogens (tertiary/aromatic N) is 1. The van der Waals surface area contributed by atoms with Crippen LogP contribution < -0.4 is 20.1 Å². The summed E-state index contributed by atoms with van der Waals surface area (Å²) in [6.07, 6.45) is 4.82. The monoisotopic (exact) mass is 401 g/mol. The van der Waals surface area contributed by atoms with Gasteiger partial charge >= 0.3 is 0 Å². The van der Waals surface area contributed by atoms with Crippen LogP contribution in [0.25, 0.3) is 0 Å². The summed E-state index contributed by atoms with van der Waals surface area (Å²) < 4.78 is 25.0. The van der Waals surface area contributed by atoms with Crippen LogP contribution in [0, 0.1) is 5.82 Å². The minimum absolute atomic E-state index is 0.252. The minimum atomic E-state index is -0.640. The first-order chi connectivity index (χ1) is 14.1. The second-order valence-corrected chi connectivity index (χ2v) is 7.06. The number of hydrogen-bond acceptors (Lipinski definition) is 4. The number of halogens is 1. The molecule has 1 saturated carbocycles. The number of guanidine groups is 1. The molecule has 0 heterocycles. The molecule has 0 atom stereocenters. The van der Waals surface area contributed by atoms with Gasteiger partial charge in [0.15, 0.2) is 17.5 Å². The Kier molecular flexibility index (Phi) is 7.16. The Morgan fingerprint density at radius 3 is 2.59 bits per heavy atom. The molecule has 2 aromatic carbocycles. The predicted molar refractivity (Wildman–Crippen MR) is 111 cm³/mol. The molecule has 0 aromatic heterocycles. The zero-order chi connectivity index (χ0) is 20.6. The third kappa shape index (κ3) is 5.76. The zero-order valence-electron chi connectivity index (χ0n) is 16.9. The highest BCUT2D eigenvalue weighted by molar-refractivity contribution is 5.79. The van der Waals surface area contributed by atoms with E-state index in [2.05, 4.69) is 15.6 Å². The van der Waals surface area contributed by atoms with Crippen LogP contribution in [0.5, 0.6) is 17.2 Å². The van der Waals surface area contributed by atoms with Gasteiger partial charge in [0.25, 0.3) is 0 Å². The van der Waals surface area contributed by atoms with E-state index in [1.807, 2.05) is 18.2 Å². The standard InChI is InChI=1S/C22H28FN3O3/c1-24-22(25-13-15-7-10-20(27)19(23)11-15)26-14-16-8-9-18(28-2)12-21(16)29-17-5-3-4-6-17/h7-12,17,27H,3-6,13-14H2,1-2H3,(H2,24,25,26). The van der Waals surface area contributed by atoms with E-state index in [1.54, 1.807) is 20.2 Å². The maximum Gasteiger partial charge on any atom is 0.191 e. The van der Waals surface area contributed by atoms with E-state index >= 15 is 0 Å². The van der Waals surface area contributed by atoms with Crippen LogP contribution in [0.3, 0.4) is 0 Å². The first-order valence-corrected chi connectivity index (χ1v) is 9.84. The van der Waals surface area contributed by atoms with Crippen molar-refractivity contribution in [3.8, 4) is 17.2 Å². The van der Waals surface area contributed by atoms with E-state index in [9.17, 15) is 9.50 Å². The minimum Gasteiger partial charge on any atom is -0.505 e. The summed E-state index contributed by atoms with van der Waals surface area (Å²) in [6.45, 7) is 0.903. The summed E-state index contributed by atoms with van der Waals surface area (Å²) in [6, 6.07) is 10.1. The van der Waals surface area contributed by atoms with Gasteiger partial charge in [-0.15, -0.1) is 0 Å². The number of methoxy groups -OCH3 is 1. The van der Waals surface area contributed by atoms with Crippen molar-refractivity contribution < 1.29 is 19.0 Å². The number of ether oxygens (including phenoxy) is 2. The normalized spacial score (nSPS) is 14.7. The fourth-order valence-corrected chi connectivity index (χ4v) is 3.35. The molecule has 3 rings (SSSR count). The Balaban J connectivity index is 1.61. The van der Waals surface area contributed by atoms with Crippen molar-refractivity contribution in [3.63, 3.8) is 0 Å². The van der Waals surface area contributed by atoms with E-state index in [0.717, 1.165) is 29.9 Å². The topological polar surface area (TPSA) is 75.1 Å². The van der Waals surface area contributed by atoms with Gasteiger partial charge in [-0.05, 0) is 55.5 Å². The van der Waals surface area contributed by atoms with E-state index < -0.39 is 5.82 Å². The molecule has 0 radical (unpaired) electrons. The average Bonchev–Trinajstić information content (AvgIpc) is 3.24. The quantitative estimate of drug-likeness (QED) is 0.487. The summed E-state index contributed by atoms with van der Waals surface area (Å²) >= 11 is 0. The molecule has 1 fully saturated rings. The van der Waals surface area contributed by atoms with Gasteiger partial charge in [0.05, 0.1) is 13.2 Å². The molecule has 0 saturated heterocycles. The number of aliphatic imine (C=N–C) groups is 1. The van der Waals surface area contributed by atoms with Crippen molar-refractivity contribution in [1.29, 1.82) is 0 Å². The second kappa shape index (κ2) is 10.0. The number of benzene rings is 2. The van der Waals surface area contributed by atoms with Crippen molar-refractivity contribution in [2.45, 2.75) is 44.9 Å². The summed E-state index contributed by atoms with van der Waals surface area (Å²) in [5.41, 5.74) is 1.72. The Hall–Kier alpha value is -2.96. The summed E-state index contributed by atoms with van der Waals surface area (Å²) in [5, 5.41) is 15.7. The highest BCUT2D eigenvalue weighted by Gasteiger charge is 2.18. The lowest BCUT2D eigenvalue weighted by Crippen LogP contribution is -2.36. The van der Waals surface area contributed by atoms with Gasteiger partial charge in [-0.3, -0.25) is 4.99 Å². The van der Waals surface area contributed by atoms with E-state index in [0.29, 0.717) is 24.6 Å². The largest absolute Gasteiger partial charge is 0.505 e. The SMILES string of the molecule is CN=C(NCc1ccc(O)c(F)c1)NCc1ccc(OC)cc1OC1CCCC1. The molecule has 0 unspecified atom stereocenters. The predicted octanol–water partition coefficient (Wildman–Crippen LogP) is 3.73. The maximum absolute atomic E-state index is 13.5. The van der Waals surface area contributed by atoms with Gasteiger partial charge in [0.2, 0.25) is 0 Å². The molecule has 1 aliphatic carbocycles. The zero-order valence-corrected chi connectivity index (χ0v) is 16.9. The van der Waals surface area contributed by atoms with Gasteiger partial charge < -0.3 is 25.2 Å². The number of hydrogen-bond donors (Lipinski definition) is 3. The van der Waals surface area contributed by atoms with Gasteiger partial charge in [-0.1, -0.05) is 6.07 Å². The number of phenols is 1. The molecule has 7 heteroatoms. The molecule has 6 nitrogen and oxygen atoms in total. The summed E-state index contributed by atoms with van der Waals surface area (Å²) in [4.78, 5) is 4.21. The number of rotatable bonds is 7. The Morgan fingerprint density at radius 2 is 1.90 bits per heavy atom. The Labute approximate surface area is 170 Å². The molecule has 3 N–H and O–H groups in total. The van der Waals surface area contributed by atoms with E-state index in [1.165, 1.54) is 25.0 Å². The number of nitrogens with one attached hydrogen (secondary N) is 2. The highest BCUT2D eigenvalue weighted by Crippen LogP contribution is 2.30. The smallest absolute Gasteiger partial charge is 0.191 e. The third-order valence-electron chi connectivity index (χ3n) is 5.01. The van der Waals surface area contributed by atoms with Crippen molar-refractivity contribution in [2.24, 2.45) is 4.99 Å².